The molecule has 0 spiro atoms. The number of nitrogens with zero attached hydrogens (tertiary/aromatic N) is 2. The number of fused-ring (bicyclic) bond motifs is 2. The van der Waals surface area contributed by atoms with E-state index in [-0.39, 0.29) is 28.0 Å². The van der Waals surface area contributed by atoms with Crippen molar-refractivity contribution < 1.29 is 13.0 Å². The summed E-state index contributed by atoms with van der Waals surface area (Å²) in [6, 6.07) is 26.8. The molecule has 0 saturated heterocycles. The molecule has 6 rings (SSSR count). The second-order valence-corrected chi connectivity index (χ2v) is 20.4. The molecule has 3 aromatic rings. The zero-order valence-electron chi connectivity index (χ0n) is 34.4. The smallest absolute Gasteiger partial charge is 0.264 e. The number of para-hydroxylation sites is 2. The van der Waals surface area contributed by atoms with Gasteiger partial charge in [-0.2, -0.15) is 8.42 Å². The molecule has 1 atom stereocenters. The molecule has 55 heavy (non-hydrogen) atoms. The van der Waals surface area contributed by atoms with Gasteiger partial charge in [0.1, 0.15) is 0 Å². The van der Waals surface area contributed by atoms with E-state index in [4.69, 9.17) is 0 Å². The van der Waals surface area contributed by atoms with Crippen molar-refractivity contribution in [3.63, 3.8) is 0 Å². The van der Waals surface area contributed by atoms with Gasteiger partial charge in [-0.3, -0.25) is 4.55 Å². The molecule has 3 aliphatic rings. The maximum Gasteiger partial charge on any atom is 0.264 e. The van der Waals surface area contributed by atoms with E-state index in [2.05, 4.69) is 162 Å². The first kappa shape index (κ1) is 41.1. The van der Waals surface area contributed by atoms with Crippen molar-refractivity contribution in [3.8, 4) is 0 Å². The van der Waals surface area contributed by atoms with Crippen LogP contribution in [-0.4, -0.2) is 37.9 Å². The number of benzene rings is 3. The topological polar surface area (TPSA) is 60.9 Å². The van der Waals surface area contributed by atoms with Crippen molar-refractivity contribution >= 4 is 33.3 Å². The average molecular weight is 779 g/mol. The molecular formula is C48H62N2O3S2. The highest BCUT2D eigenvalue weighted by atomic mass is 32.2. The first-order valence-electron chi connectivity index (χ1n) is 20.3. The van der Waals surface area contributed by atoms with E-state index >= 15 is 0 Å². The van der Waals surface area contributed by atoms with Crippen molar-refractivity contribution in [3.05, 3.63) is 136 Å². The average Bonchev–Trinajstić information content (AvgIpc) is 3.48. The molecule has 1 N–H and O–H groups in total. The number of allylic oxidation sites excluding steroid dienone is 6. The third kappa shape index (κ3) is 9.05. The summed E-state index contributed by atoms with van der Waals surface area (Å²) in [5.74, 6) is -0.207. The Morgan fingerprint density at radius 2 is 1.51 bits per heavy atom. The van der Waals surface area contributed by atoms with Gasteiger partial charge in [-0.15, -0.1) is 0 Å². The van der Waals surface area contributed by atoms with Gasteiger partial charge in [-0.1, -0.05) is 140 Å². The minimum absolute atomic E-state index is 0.0908. The Labute approximate surface area is 336 Å². The highest BCUT2D eigenvalue weighted by Crippen LogP contribution is 2.49. The van der Waals surface area contributed by atoms with Crippen LogP contribution in [0.15, 0.2) is 124 Å². The predicted octanol–water partition coefficient (Wildman–Crippen LogP) is 12.3. The zero-order chi connectivity index (χ0) is 39.6. The molecule has 0 fully saturated rings. The fourth-order valence-corrected chi connectivity index (χ4v) is 10.4. The monoisotopic (exact) mass is 778 g/mol. The lowest BCUT2D eigenvalue weighted by molar-refractivity contribution is 0.466. The van der Waals surface area contributed by atoms with Crippen molar-refractivity contribution in [1.29, 1.82) is 0 Å². The van der Waals surface area contributed by atoms with Crippen LogP contribution in [0.5, 0.6) is 0 Å². The number of anilines is 2. The van der Waals surface area contributed by atoms with Crippen molar-refractivity contribution in [1.82, 2.24) is 0 Å². The molecule has 7 heteroatoms. The molecule has 0 amide bonds. The molecule has 0 radical (unpaired) electrons. The van der Waals surface area contributed by atoms with Gasteiger partial charge in [0.05, 0.1) is 11.8 Å². The van der Waals surface area contributed by atoms with Gasteiger partial charge in [0, 0.05) is 50.8 Å². The molecule has 5 nitrogen and oxygen atoms in total. The highest BCUT2D eigenvalue weighted by molar-refractivity contribution is 8.03. The molecule has 1 aliphatic carbocycles. The molecule has 0 saturated carbocycles. The lowest BCUT2D eigenvalue weighted by Crippen LogP contribution is -2.40. The van der Waals surface area contributed by atoms with Crippen LogP contribution >= 0.6 is 11.8 Å². The molecule has 2 heterocycles. The summed E-state index contributed by atoms with van der Waals surface area (Å²) in [4.78, 5) is 7.61. The number of thioether (sulfide) groups is 1. The van der Waals surface area contributed by atoms with Crippen LogP contribution < -0.4 is 9.80 Å². The number of rotatable bonds is 13. The molecule has 0 bridgehead atoms. The summed E-state index contributed by atoms with van der Waals surface area (Å²) in [7, 11) is -3.98. The minimum Gasteiger partial charge on any atom is -0.364 e. The van der Waals surface area contributed by atoms with Gasteiger partial charge >= 0.3 is 0 Å². The fourth-order valence-electron chi connectivity index (χ4n) is 8.72. The lowest BCUT2D eigenvalue weighted by atomic mass is 9.80. The Balaban J connectivity index is 1.40. The second kappa shape index (κ2) is 16.5. The normalized spacial score (nSPS) is 20.9. The van der Waals surface area contributed by atoms with Crippen molar-refractivity contribution in [2.75, 3.05) is 28.6 Å². The van der Waals surface area contributed by atoms with E-state index in [1.807, 2.05) is 11.8 Å². The van der Waals surface area contributed by atoms with Crippen LogP contribution in [-0.2, 0) is 26.4 Å². The third-order valence-corrected chi connectivity index (χ3v) is 13.9. The highest BCUT2D eigenvalue weighted by Gasteiger charge is 2.43. The predicted molar refractivity (Wildman–Crippen MR) is 235 cm³/mol. The van der Waals surface area contributed by atoms with Crippen molar-refractivity contribution in [2.24, 2.45) is 0 Å². The van der Waals surface area contributed by atoms with Gasteiger partial charge in [-0.05, 0) is 102 Å². The SMILES string of the molecule is CCCCN1C(=C/C=C2\CCCC(/C=C/C3N(CCCCS(=O)(=O)O)c4ccccc4C3(C)C)=C2Sc2ccc(C(C)(C)C)cc2)C(C)(C)c2ccccc21. The summed E-state index contributed by atoms with van der Waals surface area (Å²) < 4.78 is 32.4. The van der Waals surface area contributed by atoms with E-state index in [1.165, 1.54) is 54.7 Å². The molecule has 2 aliphatic heterocycles. The minimum atomic E-state index is -3.98. The van der Waals surface area contributed by atoms with Crippen LogP contribution in [0.25, 0.3) is 0 Å². The molecule has 294 valence electrons. The maximum atomic E-state index is 11.5. The summed E-state index contributed by atoms with van der Waals surface area (Å²) in [5.41, 5.74) is 10.6. The molecule has 3 aromatic carbocycles. The van der Waals surface area contributed by atoms with Crippen LogP contribution in [0.1, 0.15) is 117 Å². The summed E-state index contributed by atoms with van der Waals surface area (Å²) in [6.45, 7) is 20.2. The molecule has 0 aromatic heterocycles. The van der Waals surface area contributed by atoms with Gasteiger partial charge in [0.15, 0.2) is 0 Å². The Hall–Kier alpha value is -3.52. The first-order valence-corrected chi connectivity index (χ1v) is 22.7. The van der Waals surface area contributed by atoms with Crippen LogP contribution in [0.3, 0.4) is 0 Å². The number of hydrogen-bond acceptors (Lipinski definition) is 5. The first-order chi connectivity index (χ1) is 26.0. The van der Waals surface area contributed by atoms with Crippen LogP contribution in [0, 0.1) is 0 Å². The van der Waals surface area contributed by atoms with Gasteiger partial charge < -0.3 is 9.80 Å². The van der Waals surface area contributed by atoms with Crippen LogP contribution in [0.2, 0.25) is 0 Å². The Kier molecular flexibility index (Phi) is 12.4. The van der Waals surface area contributed by atoms with Gasteiger partial charge in [0.2, 0.25) is 0 Å². The van der Waals surface area contributed by atoms with E-state index in [0.717, 1.165) is 45.2 Å². The van der Waals surface area contributed by atoms with E-state index < -0.39 is 10.1 Å². The largest absolute Gasteiger partial charge is 0.364 e. The Morgan fingerprint density at radius 3 is 2.18 bits per heavy atom. The van der Waals surface area contributed by atoms with E-state index in [1.54, 1.807) is 0 Å². The third-order valence-electron chi connectivity index (χ3n) is 11.9. The zero-order valence-corrected chi connectivity index (χ0v) is 36.0. The number of unbranched alkanes of at least 4 members (excludes halogenated alkanes) is 2. The fraction of sp³-hybridized carbons (Fsp3) is 0.458. The standard InChI is InChI=1S/C48H62N2O3S2/c1-9-10-32-49-41-22-13-11-20-39(41)47(5,6)43(49)30-24-35-18-17-19-36(45(35)54-38-28-26-37(27-29-38)46(2,3)4)25-31-44-48(7,8)40-21-12-14-23-42(40)50(44)33-15-16-34-55(51,52)53/h11-14,20-31,44H,9-10,15-19,32-34H2,1-8H3,(H,51,52,53)/b31-25+,35-24+,43-30?. The molecule has 1 unspecified atom stereocenters. The lowest BCUT2D eigenvalue weighted by Gasteiger charge is -2.33. The van der Waals surface area contributed by atoms with E-state index in [9.17, 15) is 13.0 Å². The summed E-state index contributed by atoms with van der Waals surface area (Å²) in [6.07, 6.45) is 16.2. The van der Waals surface area contributed by atoms with Gasteiger partial charge in [-0.25, -0.2) is 0 Å². The van der Waals surface area contributed by atoms with E-state index in [0.29, 0.717) is 12.8 Å². The number of hydrogen-bond donors (Lipinski definition) is 1. The van der Waals surface area contributed by atoms with Crippen molar-refractivity contribution in [2.45, 2.75) is 128 Å². The second-order valence-electron chi connectivity index (χ2n) is 17.7. The van der Waals surface area contributed by atoms with Crippen LogP contribution in [0.4, 0.5) is 11.4 Å². The quantitative estimate of drug-likeness (QED) is 0.138. The maximum absolute atomic E-state index is 11.5. The Bertz CT molecular complexity index is 2080. The van der Waals surface area contributed by atoms with Gasteiger partial charge in [0.25, 0.3) is 10.1 Å². The summed E-state index contributed by atoms with van der Waals surface area (Å²) in [5, 5.41) is 0. The Morgan fingerprint density at radius 1 is 0.836 bits per heavy atom. The molecular weight excluding hydrogens is 717 g/mol. The summed E-state index contributed by atoms with van der Waals surface area (Å²) >= 11 is 1.90.